The molecule has 1 aromatic carbocycles. The second-order valence-corrected chi connectivity index (χ2v) is 5.79. The quantitative estimate of drug-likeness (QED) is 0.809. The van der Waals surface area contributed by atoms with Crippen molar-refractivity contribution in [3.63, 3.8) is 0 Å². The van der Waals surface area contributed by atoms with E-state index >= 15 is 0 Å². The summed E-state index contributed by atoms with van der Waals surface area (Å²) >= 11 is 15.2. The maximum Gasteiger partial charge on any atom is 0.377 e. The first-order valence-electron chi connectivity index (χ1n) is 5.27. The Morgan fingerprint density at radius 3 is 2.47 bits per heavy atom. The number of anilines is 1. The predicted octanol–water partition coefficient (Wildman–Crippen LogP) is 4.12. The van der Waals surface area contributed by atoms with E-state index < -0.39 is 24.4 Å². The molecule has 2 rings (SSSR count). The van der Waals surface area contributed by atoms with Gasteiger partial charge in [0.25, 0.3) is 0 Å². The summed E-state index contributed by atoms with van der Waals surface area (Å²) in [6.07, 6.45) is -1.55. The van der Waals surface area contributed by atoms with Crippen LogP contribution in [0.4, 0.5) is 14.5 Å². The van der Waals surface area contributed by atoms with Gasteiger partial charge in [0, 0.05) is 4.47 Å². The van der Waals surface area contributed by atoms with Crippen molar-refractivity contribution in [3.05, 3.63) is 26.7 Å². The Labute approximate surface area is 126 Å². The Morgan fingerprint density at radius 2 is 2.00 bits per heavy atom. The predicted molar refractivity (Wildman–Crippen MR) is 72.1 cm³/mol. The molecule has 104 valence electrons. The van der Waals surface area contributed by atoms with Crippen LogP contribution in [0.2, 0.25) is 10.0 Å². The fourth-order valence-electron chi connectivity index (χ4n) is 1.69. The average molecular weight is 375 g/mol. The molecule has 1 aromatic rings. The number of halogens is 5. The minimum atomic E-state index is -3.42. The number of carbonyl (C=O) groups excluding carboxylic acids is 1. The van der Waals surface area contributed by atoms with E-state index in [0.717, 1.165) is 0 Å². The van der Waals surface area contributed by atoms with Crippen LogP contribution < -0.4 is 5.32 Å². The van der Waals surface area contributed by atoms with Crippen LogP contribution >= 0.6 is 39.1 Å². The lowest BCUT2D eigenvalue weighted by molar-refractivity contribution is -0.158. The molecule has 19 heavy (non-hydrogen) atoms. The number of hydrogen-bond donors (Lipinski definition) is 1. The molecular formula is C11H8BrCl2F2NO2. The van der Waals surface area contributed by atoms with E-state index in [-0.39, 0.29) is 6.54 Å². The van der Waals surface area contributed by atoms with E-state index in [1.165, 1.54) is 0 Å². The summed E-state index contributed by atoms with van der Waals surface area (Å²) in [5.74, 6) is -4.91. The topological polar surface area (TPSA) is 38.3 Å². The molecular weight excluding hydrogens is 367 g/mol. The largest absolute Gasteiger partial charge is 0.456 e. The summed E-state index contributed by atoms with van der Waals surface area (Å²) in [6, 6.07) is 3.23. The lowest BCUT2D eigenvalue weighted by atomic mass is 10.2. The van der Waals surface area contributed by atoms with Crippen molar-refractivity contribution in [1.29, 1.82) is 0 Å². The van der Waals surface area contributed by atoms with Gasteiger partial charge < -0.3 is 10.1 Å². The van der Waals surface area contributed by atoms with Crippen molar-refractivity contribution >= 4 is 50.8 Å². The minimum Gasteiger partial charge on any atom is -0.456 e. The Bertz CT molecular complexity index is 504. The Hall–Kier alpha value is -0.590. The van der Waals surface area contributed by atoms with Crippen LogP contribution in [0.1, 0.15) is 6.42 Å². The molecule has 1 aliphatic rings. The molecule has 0 amide bonds. The molecule has 0 radical (unpaired) electrons. The summed E-state index contributed by atoms with van der Waals surface area (Å²) in [6.45, 7) is 0.0163. The highest BCUT2D eigenvalue weighted by atomic mass is 79.9. The van der Waals surface area contributed by atoms with Crippen LogP contribution in [0, 0.1) is 0 Å². The van der Waals surface area contributed by atoms with Gasteiger partial charge in [-0.05, 0) is 12.1 Å². The van der Waals surface area contributed by atoms with E-state index in [1.54, 1.807) is 12.1 Å². The third kappa shape index (κ3) is 3.30. The highest BCUT2D eigenvalue weighted by molar-refractivity contribution is 9.10. The number of nitrogens with one attached hydrogen (secondary N) is 1. The minimum absolute atomic E-state index is 0.0163. The van der Waals surface area contributed by atoms with Crippen molar-refractivity contribution in [2.45, 2.75) is 18.4 Å². The molecule has 8 heteroatoms. The van der Waals surface area contributed by atoms with Crippen LogP contribution in [0.5, 0.6) is 0 Å². The van der Waals surface area contributed by atoms with E-state index in [9.17, 15) is 13.6 Å². The SMILES string of the molecule is O=C1OC(CNc2c(Cl)cc(Br)cc2Cl)CC1(F)F. The molecule has 1 N–H and O–H groups in total. The maximum atomic E-state index is 13.0. The van der Waals surface area contributed by atoms with Crippen molar-refractivity contribution in [2.75, 3.05) is 11.9 Å². The van der Waals surface area contributed by atoms with Crippen LogP contribution in [-0.2, 0) is 9.53 Å². The summed E-state index contributed by atoms with van der Waals surface area (Å²) in [5, 5.41) is 3.50. The Balaban J connectivity index is 2.03. The van der Waals surface area contributed by atoms with Gasteiger partial charge in [0.05, 0.1) is 28.7 Å². The average Bonchev–Trinajstić information content (AvgIpc) is 2.51. The summed E-state index contributed by atoms with van der Waals surface area (Å²) in [7, 11) is 0. The van der Waals surface area contributed by atoms with Gasteiger partial charge in [-0.25, -0.2) is 4.79 Å². The van der Waals surface area contributed by atoms with E-state index in [4.69, 9.17) is 23.2 Å². The molecule has 1 fully saturated rings. The molecule has 1 atom stereocenters. The van der Waals surface area contributed by atoms with Gasteiger partial charge >= 0.3 is 11.9 Å². The van der Waals surface area contributed by atoms with Crippen molar-refractivity contribution in [3.8, 4) is 0 Å². The molecule has 0 bridgehead atoms. The van der Waals surface area contributed by atoms with Gasteiger partial charge in [0.15, 0.2) is 0 Å². The molecule has 0 aliphatic carbocycles. The van der Waals surface area contributed by atoms with Crippen molar-refractivity contribution in [1.82, 2.24) is 0 Å². The molecule has 3 nitrogen and oxygen atoms in total. The third-order valence-electron chi connectivity index (χ3n) is 2.57. The van der Waals surface area contributed by atoms with E-state index in [0.29, 0.717) is 20.2 Å². The van der Waals surface area contributed by atoms with Gasteiger partial charge in [-0.3, -0.25) is 0 Å². The van der Waals surface area contributed by atoms with Gasteiger partial charge in [0.1, 0.15) is 6.10 Å². The number of rotatable bonds is 3. The zero-order chi connectivity index (χ0) is 14.2. The van der Waals surface area contributed by atoms with E-state index in [1.807, 2.05) is 0 Å². The van der Waals surface area contributed by atoms with Crippen LogP contribution in [0.25, 0.3) is 0 Å². The third-order valence-corrected chi connectivity index (χ3v) is 3.62. The molecule has 0 spiro atoms. The molecule has 1 unspecified atom stereocenters. The Morgan fingerprint density at radius 1 is 1.42 bits per heavy atom. The van der Waals surface area contributed by atoms with Crippen LogP contribution in [-0.4, -0.2) is 24.5 Å². The lowest BCUT2D eigenvalue weighted by Crippen LogP contribution is -2.22. The first-order chi connectivity index (χ1) is 8.79. The number of hydrogen-bond acceptors (Lipinski definition) is 3. The van der Waals surface area contributed by atoms with Gasteiger partial charge in [0.2, 0.25) is 0 Å². The van der Waals surface area contributed by atoms with Crippen molar-refractivity contribution < 1.29 is 18.3 Å². The monoisotopic (exact) mass is 373 g/mol. The number of carbonyl (C=O) groups is 1. The molecule has 1 heterocycles. The first kappa shape index (κ1) is 14.8. The molecule has 0 aromatic heterocycles. The number of esters is 1. The van der Waals surface area contributed by atoms with Crippen LogP contribution in [0.3, 0.4) is 0 Å². The zero-order valence-electron chi connectivity index (χ0n) is 9.35. The Kier molecular flexibility index (Phi) is 4.23. The van der Waals surface area contributed by atoms with Gasteiger partial charge in [-0.15, -0.1) is 0 Å². The summed E-state index contributed by atoms with van der Waals surface area (Å²) in [5.41, 5.74) is 0.415. The fraction of sp³-hybridized carbons (Fsp3) is 0.364. The van der Waals surface area contributed by atoms with Gasteiger partial charge in [-0.2, -0.15) is 8.78 Å². The standard InChI is InChI=1S/C11H8BrCl2F2NO2/c12-5-1-7(13)9(8(14)2-5)17-4-6-3-11(15,16)10(18)19-6/h1-2,6,17H,3-4H2. The number of ether oxygens (including phenoxy) is 1. The fourth-order valence-corrected chi connectivity index (χ4v) is 3.03. The molecule has 0 saturated carbocycles. The highest BCUT2D eigenvalue weighted by Crippen LogP contribution is 2.35. The van der Waals surface area contributed by atoms with Crippen molar-refractivity contribution in [2.24, 2.45) is 0 Å². The second-order valence-electron chi connectivity index (χ2n) is 4.06. The number of benzene rings is 1. The summed E-state index contributed by atoms with van der Waals surface area (Å²) in [4.78, 5) is 10.8. The summed E-state index contributed by atoms with van der Waals surface area (Å²) < 4.78 is 31.2. The number of alkyl halides is 2. The first-order valence-corrected chi connectivity index (χ1v) is 6.82. The molecule has 1 aliphatic heterocycles. The zero-order valence-corrected chi connectivity index (χ0v) is 12.5. The molecule has 1 saturated heterocycles. The normalized spacial score (nSPS) is 21.3. The lowest BCUT2D eigenvalue weighted by Gasteiger charge is -2.14. The smallest absolute Gasteiger partial charge is 0.377 e. The van der Waals surface area contributed by atoms with Gasteiger partial charge in [-0.1, -0.05) is 39.1 Å². The maximum absolute atomic E-state index is 13.0. The number of cyclic esters (lactones) is 1. The van der Waals surface area contributed by atoms with Crippen LogP contribution in [0.15, 0.2) is 16.6 Å². The van der Waals surface area contributed by atoms with E-state index in [2.05, 4.69) is 26.0 Å². The highest BCUT2D eigenvalue weighted by Gasteiger charge is 2.50. The second kappa shape index (κ2) is 5.42.